The number of aromatic nitrogens is 1. The van der Waals surface area contributed by atoms with Crippen molar-refractivity contribution in [2.45, 2.75) is 13.0 Å². The van der Waals surface area contributed by atoms with Crippen LogP contribution in [0.5, 0.6) is 5.75 Å². The van der Waals surface area contributed by atoms with E-state index >= 15 is 0 Å². The van der Waals surface area contributed by atoms with Gasteiger partial charge in [-0.2, -0.15) is 4.73 Å². The summed E-state index contributed by atoms with van der Waals surface area (Å²) in [5.74, 6) is -1.15. The van der Waals surface area contributed by atoms with Gasteiger partial charge in [-0.15, -0.1) is 13.2 Å². The van der Waals surface area contributed by atoms with Gasteiger partial charge in [-0.3, -0.25) is 9.59 Å². The van der Waals surface area contributed by atoms with E-state index in [0.717, 1.165) is 22.4 Å². The lowest BCUT2D eigenvalue weighted by molar-refractivity contribution is -0.274. The van der Waals surface area contributed by atoms with Crippen LogP contribution >= 0.6 is 0 Å². The van der Waals surface area contributed by atoms with Gasteiger partial charge in [-0.05, 0) is 42.0 Å². The van der Waals surface area contributed by atoms with Crippen LogP contribution in [-0.4, -0.2) is 17.0 Å². The van der Waals surface area contributed by atoms with Crippen molar-refractivity contribution in [1.82, 2.24) is 4.73 Å². The van der Waals surface area contributed by atoms with Gasteiger partial charge in [0, 0.05) is 11.9 Å². The molecule has 9 heteroatoms. The summed E-state index contributed by atoms with van der Waals surface area (Å²) in [5, 5.41) is 2.45. The zero-order valence-electron chi connectivity index (χ0n) is 14.8. The zero-order valence-corrected chi connectivity index (χ0v) is 14.8. The molecule has 1 N–H and O–H groups in total. The average molecular weight is 404 g/mol. The molecule has 0 unspecified atom stereocenters. The van der Waals surface area contributed by atoms with Gasteiger partial charge in [-0.1, -0.05) is 30.3 Å². The van der Waals surface area contributed by atoms with E-state index in [0.29, 0.717) is 0 Å². The molecule has 0 spiro atoms. The summed E-state index contributed by atoms with van der Waals surface area (Å²) in [6.45, 7) is 0.131. The molecular formula is C20H15F3N2O4. The molecule has 1 aromatic heterocycles. The van der Waals surface area contributed by atoms with Gasteiger partial charge in [0.05, 0.1) is 0 Å². The molecule has 6 nitrogen and oxygen atoms in total. The highest BCUT2D eigenvalue weighted by Gasteiger charge is 2.31. The molecule has 1 heterocycles. The number of nitrogens with zero attached hydrogens (tertiary/aromatic N) is 1. The maximum absolute atomic E-state index is 12.5. The number of anilines is 1. The van der Waals surface area contributed by atoms with Gasteiger partial charge in [0.15, 0.2) is 0 Å². The molecule has 0 saturated heterocycles. The van der Waals surface area contributed by atoms with Crippen molar-refractivity contribution in [2.75, 3.05) is 5.32 Å². The minimum Gasteiger partial charge on any atom is -0.406 e. The second-order valence-electron chi connectivity index (χ2n) is 5.84. The summed E-state index contributed by atoms with van der Waals surface area (Å²) >= 11 is 0. The van der Waals surface area contributed by atoms with Crippen molar-refractivity contribution in [1.29, 1.82) is 0 Å². The molecule has 0 radical (unpaired) electrons. The third-order valence-electron chi connectivity index (χ3n) is 3.72. The minimum atomic E-state index is -4.81. The Bertz CT molecular complexity index is 1030. The highest BCUT2D eigenvalue weighted by Crippen LogP contribution is 2.24. The molecule has 0 fully saturated rings. The second-order valence-corrected chi connectivity index (χ2v) is 5.84. The molecule has 3 aromatic rings. The number of hydrogen-bond donors (Lipinski definition) is 1. The summed E-state index contributed by atoms with van der Waals surface area (Å²) < 4.78 is 41.3. The van der Waals surface area contributed by atoms with Gasteiger partial charge in [0.1, 0.15) is 17.9 Å². The first-order valence-electron chi connectivity index (χ1n) is 8.38. The van der Waals surface area contributed by atoms with Gasteiger partial charge in [0.25, 0.3) is 11.5 Å². The van der Waals surface area contributed by atoms with E-state index in [1.165, 1.54) is 30.5 Å². The molecule has 1 amide bonds. The van der Waals surface area contributed by atoms with E-state index < -0.39 is 23.6 Å². The fourth-order valence-electron chi connectivity index (χ4n) is 2.41. The quantitative estimate of drug-likeness (QED) is 0.681. The summed E-state index contributed by atoms with van der Waals surface area (Å²) in [5.41, 5.74) is 0.189. The normalized spacial score (nSPS) is 11.0. The predicted molar refractivity (Wildman–Crippen MR) is 98.5 cm³/mol. The third kappa shape index (κ3) is 5.61. The Balaban J connectivity index is 1.68. The van der Waals surface area contributed by atoms with Crippen molar-refractivity contribution in [2.24, 2.45) is 0 Å². The first kappa shape index (κ1) is 20.0. The Hall–Kier alpha value is -3.75. The van der Waals surface area contributed by atoms with Crippen LogP contribution in [0, 0.1) is 0 Å². The van der Waals surface area contributed by atoms with Crippen LogP contribution in [0.2, 0.25) is 0 Å². The molecule has 3 rings (SSSR count). The van der Waals surface area contributed by atoms with Crippen molar-refractivity contribution in [3.05, 3.63) is 94.4 Å². The standard InChI is InChI=1S/C20H15F3N2O4/c21-20(22,23)29-16-10-8-15(9-11-16)24-18(26)17-7-4-12-25(19(17)27)28-13-14-5-2-1-3-6-14/h1-12H,13H2,(H,24,26). The topological polar surface area (TPSA) is 69.6 Å². The van der Waals surface area contributed by atoms with Crippen molar-refractivity contribution in [3.63, 3.8) is 0 Å². The average Bonchev–Trinajstić information content (AvgIpc) is 2.68. The summed E-state index contributed by atoms with van der Waals surface area (Å²) in [7, 11) is 0. The molecule has 0 saturated carbocycles. The smallest absolute Gasteiger partial charge is 0.406 e. The Morgan fingerprint density at radius 1 is 0.966 bits per heavy atom. The van der Waals surface area contributed by atoms with E-state index in [9.17, 15) is 22.8 Å². The van der Waals surface area contributed by atoms with E-state index in [-0.39, 0.29) is 17.9 Å². The van der Waals surface area contributed by atoms with Gasteiger partial charge < -0.3 is 14.9 Å². The molecule has 0 atom stereocenters. The molecule has 29 heavy (non-hydrogen) atoms. The van der Waals surface area contributed by atoms with Crippen molar-refractivity contribution < 1.29 is 27.5 Å². The Morgan fingerprint density at radius 3 is 2.31 bits per heavy atom. The number of halogens is 3. The van der Waals surface area contributed by atoms with E-state index in [1.807, 2.05) is 30.3 Å². The van der Waals surface area contributed by atoms with E-state index in [1.54, 1.807) is 0 Å². The fourth-order valence-corrected chi connectivity index (χ4v) is 2.41. The Kier molecular flexibility index (Phi) is 5.87. The number of carbonyl (C=O) groups excluding carboxylic acids is 1. The van der Waals surface area contributed by atoms with Crippen LogP contribution in [0.1, 0.15) is 15.9 Å². The lowest BCUT2D eigenvalue weighted by Gasteiger charge is -2.11. The lowest BCUT2D eigenvalue weighted by Crippen LogP contribution is -2.32. The highest BCUT2D eigenvalue weighted by molar-refractivity contribution is 6.03. The lowest BCUT2D eigenvalue weighted by atomic mass is 10.2. The number of ether oxygens (including phenoxy) is 1. The number of rotatable bonds is 6. The first-order valence-corrected chi connectivity index (χ1v) is 8.38. The number of benzene rings is 2. The third-order valence-corrected chi connectivity index (χ3v) is 3.72. The maximum Gasteiger partial charge on any atom is 0.573 e. The van der Waals surface area contributed by atoms with E-state index in [2.05, 4.69) is 10.1 Å². The van der Waals surface area contributed by atoms with Crippen LogP contribution in [-0.2, 0) is 6.61 Å². The summed E-state index contributed by atoms with van der Waals surface area (Å²) in [6, 6.07) is 16.5. The van der Waals surface area contributed by atoms with Gasteiger partial charge in [0.2, 0.25) is 0 Å². The number of amides is 1. The van der Waals surface area contributed by atoms with Crippen molar-refractivity contribution >= 4 is 11.6 Å². The number of alkyl halides is 3. The molecule has 0 bridgehead atoms. The number of pyridine rings is 1. The van der Waals surface area contributed by atoms with Crippen molar-refractivity contribution in [3.8, 4) is 5.75 Å². The highest BCUT2D eigenvalue weighted by atomic mass is 19.4. The van der Waals surface area contributed by atoms with Gasteiger partial charge in [-0.25, -0.2) is 0 Å². The molecular weight excluding hydrogens is 389 g/mol. The Labute approximate surface area is 163 Å². The molecule has 2 aromatic carbocycles. The molecule has 0 aliphatic heterocycles. The second kappa shape index (κ2) is 8.51. The number of carbonyl (C=O) groups is 1. The molecule has 0 aliphatic rings. The first-order chi connectivity index (χ1) is 13.8. The number of hydrogen-bond acceptors (Lipinski definition) is 4. The van der Waals surface area contributed by atoms with Crippen LogP contribution in [0.4, 0.5) is 18.9 Å². The monoisotopic (exact) mass is 404 g/mol. The number of nitrogens with one attached hydrogen (secondary N) is 1. The van der Waals surface area contributed by atoms with Crippen LogP contribution in [0.25, 0.3) is 0 Å². The fraction of sp³-hybridized carbons (Fsp3) is 0.100. The zero-order chi connectivity index (χ0) is 20.9. The maximum atomic E-state index is 12.5. The van der Waals surface area contributed by atoms with Crippen LogP contribution in [0.3, 0.4) is 0 Å². The van der Waals surface area contributed by atoms with Crippen LogP contribution < -0.4 is 20.5 Å². The largest absolute Gasteiger partial charge is 0.573 e. The van der Waals surface area contributed by atoms with Gasteiger partial charge >= 0.3 is 6.36 Å². The summed E-state index contributed by atoms with van der Waals surface area (Å²) in [6.07, 6.45) is -3.43. The molecule has 0 aliphatic carbocycles. The minimum absolute atomic E-state index is 0.131. The summed E-state index contributed by atoms with van der Waals surface area (Å²) in [4.78, 5) is 30.3. The predicted octanol–water partition coefficient (Wildman–Crippen LogP) is 3.63. The van der Waals surface area contributed by atoms with E-state index in [4.69, 9.17) is 4.84 Å². The molecule has 150 valence electrons. The Morgan fingerprint density at radius 2 is 1.66 bits per heavy atom. The SMILES string of the molecule is O=C(Nc1ccc(OC(F)(F)F)cc1)c1cccn(OCc2ccccc2)c1=O. The van der Waals surface area contributed by atoms with Crippen LogP contribution in [0.15, 0.2) is 77.7 Å².